The summed E-state index contributed by atoms with van der Waals surface area (Å²) in [5.74, 6) is 0.505. The zero-order valence-electron chi connectivity index (χ0n) is 19.0. The molecule has 0 bridgehead atoms. The van der Waals surface area contributed by atoms with E-state index in [2.05, 4.69) is 20.2 Å². The fourth-order valence-corrected chi connectivity index (χ4v) is 3.71. The predicted molar refractivity (Wildman–Crippen MR) is 128 cm³/mol. The highest BCUT2D eigenvalue weighted by molar-refractivity contribution is 5.77. The van der Waals surface area contributed by atoms with E-state index in [9.17, 15) is 14.7 Å². The number of rotatable bonds is 8. The molecule has 2 heterocycles. The van der Waals surface area contributed by atoms with Crippen LogP contribution in [0, 0.1) is 6.92 Å². The maximum Gasteiger partial charge on any atom is 0.345 e. The van der Waals surface area contributed by atoms with Crippen LogP contribution in [0.4, 0.5) is 0 Å². The van der Waals surface area contributed by atoms with Crippen LogP contribution in [0.2, 0.25) is 0 Å². The van der Waals surface area contributed by atoms with E-state index >= 15 is 0 Å². The first-order chi connectivity index (χ1) is 16.5. The number of nitrogens with zero attached hydrogens (tertiary/aromatic N) is 2. The summed E-state index contributed by atoms with van der Waals surface area (Å²) in [5.41, 5.74) is 2.73. The Balaban J connectivity index is 1.39. The van der Waals surface area contributed by atoms with Crippen molar-refractivity contribution in [3.63, 3.8) is 0 Å². The number of benzene rings is 2. The number of hydrogen-bond donors (Lipinski definition) is 3. The molecule has 1 saturated heterocycles. The molecule has 9 heteroatoms. The number of H-pyrrole nitrogens is 1. The standard InChI is InChI=1S/C25H28N4O5/c1-17-13-19(5-6-23(17)30)22-15-21(27-25(32)28-22)18-3-2-4-20(14-18)34-16-24(31)26-7-8-29-9-11-33-12-10-29/h2-6,13-15,30H,7-12,16H2,1H3,(H,26,31)(H,27,28,32). The molecule has 0 atom stereocenters. The minimum atomic E-state index is -0.482. The fourth-order valence-electron chi connectivity index (χ4n) is 3.71. The summed E-state index contributed by atoms with van der Waals surface area (Å²) in [6.07, 6.45) is 0. The summed E-state index contributed by atoms with van der Waals surface area (Å²) in [5, 5.41) is 12.6. The Morgan fingerprint density at radius 2 is 2.00 bits per heavy atom. The molecule has 3 N–H and O–H groups in total. The van der Waals surface area contributed by atoms with Crippen LogP contribution in [0.1, 0.15) is 5.56 Å². The van der Waals surface area contributed by atoms with Gasteiger partial charge < -0.3 is 24.9 Å². The van der Waals surface area contributed by atoms with Gasteiger partial charge in [0.25, 0.3) is 5.91 Å². The molecule has 0 unspecified atom stereocenters. The Labute approximate surface area is 197 Å². The minimum absolute atomic E-state index is 0.0997. The summed E-state index contributed by atoms with van der Waals surface area (Å²) < 4.78 is 11.0. The Hall–Kier alpha value is -3.69. The molecule has 34 heavy (non-hydrogen) atoms. The largest absolute Gasteiger partial charge is 0.508 e. The zero-order chi connectivity index (χ0) is 23.9. The van der Waals surface area contributed by atoms with Crippen LogP contribution >= 0.6 is 0 Å². The number of nitrogens with one attached hydrogen (secondary N) is 2. The SMILES string of the molecule is Cc1cc(-c2cc(-c3cccc(OCC(=O)NCCN4CCOCC4)c3)[nH]c(=O)n2)ccc1O. The summed E-state index contributed by atoms with van der Waals surface area (Å²) in [6.45, 7) is 6.24. The van der Waals surface area contributed by atoms with Crippen molar-refractivity contribution in [1.82, 2.24) is 20.2 Å². The molecule has 1 aliphatic rings. The third kappa shape index (κ3) is 6.21. The molecule has 1 fully saturated rings. The van der Waals surface area contributed by atoms with Crippen LogP contribution in [-0.4, -0.2) is 71.9 Å². The number of phenols is 1. The smallest absolute Gasteiger partial charge is 0.345 e. The van der Waals surface area contributed by atoms with E-state index in [0.717, 1.165) is 44.0 Å². The van der Waals surface area contributed by atoms with Crippen LogP contribution in [0.3, 0.4) is 0 Å². The van der Waals surface area contributed by atoms with Crippen molar-refractivity contribution in [2.45, 2.75) is 6.92 Å². The lowest BCUT2D eigenvalue weighted by Gasteiger charge is -2.26. The third-order valence-corrected chi connectivity index (χ3v) is 5.61. The molecule has 2 aromatic carbocycles. The lowest BCUT2D eigenvalue weighted by molar-refractivity contribution is -0.123. The van der Waals surface area contributed by atoms with Gasteiger partial charge in [0.15, 0.2) is 6.61 Å². The van der Waals surface area contributed by atoms with Crippen LogP contribution in [0.5, 0.6) is 11.5 Å². The quantitative estimate of drug-likeness (QED) is 0.466. The number of aromatic hydroxyl groups is 1. The molecule has 0 radical (unpaired) electrons. The average Bonchev–Trinajstić information content (AvgIpc) is 2.85. The minimum Gasteiger partial charge on any atom is -0.508 e. The Morgan fingerprint density at radius 3 is 2.79 bits per heavy atom. The Kier molecular flexibility index (Phi) is 7.56. The van der Waals surface area contributed by atoms with E-state index in [1.165, 1.54) is 0 Å². The van der Waals surface area contributed by atoms with Gasteiger partial charge in [-0.3, -0.25) is 9.69 Å². The highest BCUT2D eigenvalue weighted by atomic mass is 16.5. The average molecular weight is 465 g/mol. The van der Waals surface area contributed by atoms with Crippen molar-refractivity contribution in [1.29, 1.82) is 0 Å². The van der Waals surface area contributed by atoms with Gasteiger partial charge >= 0.3 is 5.69 Å². The number of hydrogen-bond acceptors (Lipinski definition) is 7. The zero-order valence-corrected chi connectivity index (χ0v) is 19.0. The monoisotopic (exact) mass is 464 g/mol. The van der Waals surface area contributed by atoms with Gasteiger partial charge in [0.1, 0.15) is 11.5 Å². The first-order valence-electron chi connectivity index (χ1n) is 11.2. The molecular weight excluding hydrogens is 436 g/mol. The van der Waals surface area contributed by atoms with Crippen molar-refractivity contribution in [2.24, 2.45) is 0 Å². The molecule has 9 nitrogen and oxygen atoms in total. The number of phenolic OH excluding ortho intramolecular Hbond substituents is 1. The second kappa shape index (κ2) is 11.0. The predicted octanol–water partition coefficient (Wildman–Crippen LogP) is 1.95. The fraction of sp³-hybridized carbons (Fsp3) is 0.320. The first-order valence-corrected chi connectivity index (χ1v) is 11.2. The molecule has 0 saturated carbocycles. The first kappa shape index (κ1) is 23.5. The summed E-state index contributed by atoms with van der Waals surface area (Å²) in [6, 6.07) is 14.0. The van der Waals surface area contributed by atoms with Crippen molar-refractivity contribution in [2.75, 3.05) is 46.0 Å². The van der Waals surface area contributed by atoms with Crippen LogP contribution in [-0.2, 0) is 9.53 Å². The van der Waals surface area contributed by atoms with Crippen LogP contribution in [0.25, 0.3) is 22.5 Å². The number of carbonyl (C=O) groups is 1. The lowest BCUT2D eigenvalue weighted by atomic mass is 10.1. The highest BCUT2D eigenvalue weighted by Crippen LogP contribution is 2.27. The second-order valence-electron chi connectivity index (χ2n) is 8.11. The molecule has 0 aliphatic carbocycles. The molecule has 1 aliphatic heterocycles. The highest BCUT2D eigenvalue weighted by Gasteiger charge is 2.11. The molecule has 178 valence electrons. The third-order valence-electron chi connectivity index (χ3n) is 5.61. The number of ether oxygens (including phenoxy) is 2. The summed E-state index contributed by atoms with van der Waals surface area (Å²) in [4.78, 5) is 33.4. The van der Waals surface area contributed by atoms with Gasteiger partial charge in [0.05, 0.1) is 24.6 Å². The normalized spacial score (nSPS) is 14.0. The number of aryl methyl sites for hydroxylation is 1. The summed E-state index contributed by atoms with van der Waals surface area (Å²) in [7, 11) is 0. The topological polar surface area (TPSA) is 117 Å². The van der Waals surface area contributed by atoms with Gasteiger partial charge in [-0.2, -0.15) is 4.98 Å². The molecule has 4 rings (SSSR count). The summed E-state index contributed by atoms with van der Waals surface area (Å²) >= 11 is 0. The van der Waals surface area contributed by atoms with E-state index in [1.54, 1.807) is 49.4 Å². The number of amides is 1. The van der Waals surface area contributed by atoms with E-state index < -0.39 is 5.69 Å². The number of aromatic amines is 1. The van der Waals surface area contributed by atoms with Crippen molar-refractivity contribution in [3.8, 4) is 34.0 Å². The number of morpholine rings is 1. The van der Waals surface area contributed by atoms with Gasteiger partial charge in [0, 0.05) is 37.3 Å². The molecule has 3 aromatic rings. The molecule has 1 amide bonds. The van der Waals surface area contributed by atoms with Gasteiger partial charge in [-0.05, 0) is 48.9 Å². The van der Waals surface area contributed by atoms with Gasteiger partial charge in [0.2, 0.25) is 0 Å². The van der Waals surface area contributed by atoms with Crippen molar-refractivity contribution >= 4 is 5.91 Å². The van der Waals surface area contributed by atoms with Crippen molar-refractivity contribution < 1.29 is 19.4 Å². The van der Waals surface area contributed by atoms with Crippen LogP contribution in [0.15, 0.2) is 53.3 Å². The number of aromatic nitrogens is 2. The van der Waals surface area contributed by atoms with E-state index in [4.69, 9.17) is 9.47 Å². The van der Waals surface area contributed by atoms with Gasteiger partial charge in [-0.25, -0.2) is 4.79 Å². The Bertz CT molecular complexity index is 1200. The Morgan fingerprint density at radius 1 is 1.18 bits per heavy atom. The maximum absolute atomic E-state index is 12.2. The van der Waals surface area contributed by atoms with E-state index in [-0.39, 0.29) is 18.3 Å². The van der Waals surface area contributed by atoms with Gasteiger partial charge in [-0.1, -0.05) is 12.1 Å². The van der Waals surface area contributed by atoms with E-state index in [1.807, 2.05) is 6.07 Å². The maximum atomic E-state index is 12.2. The molecular formula is C25H28N4O5. The lowest BCUT2D eigenvalue weighted by Crippen LogP contribution is -2.42. The number of carbonyl (C=O) groups excluding carboxylic acids is 1. The second-order valence-corrected chi connectivity index (χ2v) is 8.11. The van der Waals surface area contributed by atoms with E-state index in [0.29, 0.717) is 29.2 Å². The molecule has 1 aromatic heterocycles. The van der Waals surface area contributed by atoms with Gasteiger partial charge in [-0.15, -0.1) is 0 Å². The van der Waals surface area contributed by atoms with Crippen molar-refractivity contribution in [3.05, 3.63) is 64.6 Å². The molecule has 0 spiro atoms. The van der Waals surface area contributed by atoms with Crippen LogP contribution < -0.4 is 15.7 Å².